The Morgan fingerprint density at radius 3 is 2.43 bits per heavy atom. The summed E-state index contributed by atoms with van der Waals surface area (Å²) in [6.07, 6.45) is 0.606. The van der Waals surface area contributed by atoms with Crippen molar-refractivity contribution in [2.24, 2.45) is 11.1 Å². The summed E-state index contributed by atoms with van der Waals surface area (Å²) in [6.45, 7) is 5.69. The first-order valence-corrected chi connectivity index (χ1v) is 12.8. The third-order valence-electron chi connectivity index (χ3n) is 7.32. The van der Waals surface area contributed by atoms with Crippen molar-refractivity contribution in [2.45, 2.75) is 39.0 Å². The summed E-state index contributed by atoms with van der Waals surface area (Å²) >= 11 is 13.0. The summed E-state index contributed by atoms with van der Waals surface area (Å²) in [4.78, 5) is 45.2. The molecule has 7 nitrogen and oxygen atoms in total. The van der Waals surface area contributed by atoms with Crippen molar-refractivity contribution >= 4 is 52.2 Å². The van der Waals surface area contributed by atoms with E-state index in [1.54, 1.807) is 61.3 Å². The normalized spacial score (nSPS) is 22.5. The summed E-state index contributed by atoms with van der Waals surface area (Å²) < 4.78 is 5.46. The van der Waals surface area contributed by atoms with Crippen molar-refractivity contribution in [3.8, 4) is 0 Å². The molecule has 0 radical (unpaired) electrons. The lowest BCUT2D eigenvalue weighted by Crippen LogP contribution is -2.55. The summed E-state index contributed by atoms with van der Waals surface area (Å²) in [6, 6.07) is 12.2. The van der Waals surface area contributed by atoms with Gasteiger partial charge in [-0.25, -0.2) is 4.79 Å². The smallest absolute Gasteiger partial charge is 0.339 e. The highest BCUT2D eigenvalue weighted by Crippen LogP contribution is 2.59. The Kier molecular flexibility index (Phi) is 5.92. The third kappa shape index (κ3) is 3.44. The second kappa shape index (κ2) is 8.64. The van der Waals surface area contributed by atoms with E-state index >= 15 is 0 Å². The number of esters is 1. The minimum absolute atomic E-state index is 0.0229. The highest BCUT2D eigenvalue weighted by Gasteiger charge is 2.64. The molecule has 2 aliphatic heterocycles. The lowest BCUT2D eigenvalue weighted by Gasteiger charge is -2.47. The number of nitrogens with two attached hydrogens (primary N) is 1. The number of benzene rings is 2. The number of carbonyl (C=O) groups is 3. The van der Waals surface area contributed by atoms with Gasteiger partial charge < -0.3 is 15.4 Å². The molecule has 0 aromatic heterocycles. The van der Waals surface area contributed by atoms with Crippen LogP contribution in [0.4, 0.5) is 11.4 Å². The van der Waals surface area contributed by atoms with Gasteiger partial charge >= 0.3 is 5.97 Å². The van der Waals surface area contributed by atoms with Crippen molar-refractivity contribution in [3.05, 3.63) is 80.7 Å². The number of nitrogens with zero attached hydrogens (tertiary/aromatic N) is 2. The predicted molar refractivity (Wildman–Crippen MR) is 143 cm³/mol. The van der Waals surface area contributed by atoms with E-state index in [0.29, 0.717) is 29.1 Å². The van der Waals surface area contributed by atoms with Crippen LogP contribution in [0.15, 0.2) is 65.1 Å². The molecule has 1 amide bonds. The van der Waals surface area contributed by atoms with Crippen LogP contribution >= 0.6 is 23.2 Å². The Bertz CT molecular complexity index is 1440. The van der Waals surface area contributed by atoms with Crippen molar-refractivity contribution in [1.82, 2.24) is 0 Å². The number of halogens is 2. The van der Waals surface area contributed by atoms with Gasteiger partial charge in [0.2, 0.25) is 5.91 Å². The number of para-hydroxylation sites is 1. The van der Waals surface area contributed by atoms with Gasteiger partial charge in [-0.05, 0) is 37.0 Å². The molecule has 0 bridgehead atoms. The van der Waals surface area contributed by atoms with Gasteiger partial charge in [-0.2, -0.15) is 0 Å². The van der Waals surface area contributed by atoms with Crippen LogP contribution in [0.2, 0.25) is 10.0 Å². The molecule has 2 heterocycles. The fourth-order valence-electron chi connectivity index (χ4n) is 5.92. The van der Waals surface area contributed by atoms with Crippen LogP contribution in [0.3, 0.4) is 0 Å². The number of hydrogen-bond acceptors (Lipinski definition) is 6. The number of ether oxygens (including phenoxy) is 1. The molecule has 0 saturated heterocycles. The summed E-state index contributed by atoms with van der Waals surface area (Å²) in [5.74, 6) is -1.46. The topological polar surface area (TPSA) is 92.9 Å². The molecule has 0 fully saturated rings. The average Bonchev–Trinajstić information content (AvgIpc) is 3.04. The maximum absolute atomic E-state index is 14.3. The van der Waals surface area contributed by atoms with Crippen LogP contribution < -0.4 is 15.5 Å². The van der Waals surface area contributed by atoms with Gasteiger partial charge in [0.25, 0.3) is 0 Å². The number of ketones is 1. The lowest BCUT2D eigenvalue weighted by molar-refractivity contribution is -0.140. The molecule has 1 unspecified atom stereocenters. The highest BCUT2D eigenvalue weighted by molar-refractivity contribution is 6.43. The number of allylic oxidation sites excluding steroid dienone is 1. The second-order valence-corrected chi connectivity index (χ2v) is 11.1. The zero-order valence-corrected chi connectivity index (χ0v) is 22.5. The summed E-state index contributed by atoms with van der Waals surface area (Å²) in [5.41, 5.74) is 6.85. The number of amides is 1. The van der Waals surface area contributed by atoms with Gasteiger partial charge in [-0.3, -0.25) is 14.5 Å². The molecule has 2 aromatic rings. The van der Waals surface area contributed by atoms with Crippen molar-refractivity contribution in [2.75, 3.05) is 23.5 Å². The molecule has 1 atom stereocenters. The molecule has 3 aliphatic rings. The number of anilines is 2. The van der Waals surface area contributed by atoms with E-state index in [2.05, 4.69) is 0 Å². The molecular weight excluding hydrogens is 513 g/mol. The monoisotopic (exact) mass is 539 g/mol. The number of rotatable bonds is 3. The molecule has 1 spiro atoms. The van der Waals surface area contributed by atoms with Gasteiger partial charge in [0.1, 0.15) is 16.8 Å². The zero-order valence-electron chi connectivity index (χ0n) is 21.0. The Morgan fingerprint density at radius 1 is 1.05 bits per heavy atom. The number of Topliss-reactive ketones (excluding diaryl/α,β-unsaturated/α-hetero) is 1. The van der Waals surface area contributed by atoms with Gasteiger partial charge in [0, 0.05) is 36.0 Å². The maximum Gasteiger partial charge on any atom is 0.339 e. The minimum atomic E-state index is -1.74. The van der Waals surface area contributed by atoms with Gasteiger partial charge in [-0.1, -0.05) is 61.3 Å². The average molecular weight is 540 g/mol. The zero-order chi connectivity index (χ0) is 26.9. The van der Waals surface area contributed by atoms with Crippen LogP contribution in [0.25, 0.3) is 0 Å². The standard InChI is InChI=1S/C28H27Cl2N3O4/c1-5-37-25(35)22-24(31)33(18-12-8-10-16(29)23(18)30)19-13-27(2,3)14-20(34)21(19)28(22)15-9-6-7-11-17(15)32(4)26(28)36/h6-12H,5,13-14,31H2,1-4H3. The second-order valence-electron chi connectivity index (χ2n) is 10.3. The van der Waals surface area contributed by atoms with Crippen LogP contribution in [-0.2, 0) is 24.5 Å². The molecule has 5 rings (SSSR count). The van der Waals surface area contributed by atoms with Gasteiger partial charge in [0.15, 0.2) is 5.78 Å². The fraction of sp³-hybridized carbons (Fsp3) is 0.321. The molecule has 192 valence electrons. The van der Waals surface area contributed by atoms with Crippen molar-refractivity contribution in [1.29, 1.82) is 0 Å². The Balaban J connectivity index is 1.96. The Morgan fingerprint density at radius 2 is 1.73 bits per heavy atom. The third-order valence-corrected chi connectivity index (χ3v) is 8.12. The predicted octanol–water partition coefficient (Wildman–Crippen LogP) is 5.10. The lowest BCUT2D eigenvalue weighted by atomic mass is 9.60. The van der Waals surface area contributed by atoms with Crippen molar-refractivity contribution in [3.63, 3.8) is 0 Å². The molecule has 9 heteroatoms. The molecular formula is C28H27Cl2N3O4. The van der Waals surface area contributed by atoms with E-state index in [0.717, 1.165) is 0 Å². The van der Waals surface area contributed by atoms with E-state index < -0.39 is 22.7 Å². The van der Waals surface area contributed by atoms with E-state index in [4.69, 9.17) is 33.7 Å². The summed E-state index contributed by atoms with van der Waals surface area (Å²) in [5, 5.41) is 0.500. The largest absolute Gasteiger partial charge is 0.462 e. The number of hydrogen-bond donors (Lipinski definition) is 1. The quantitative estimate of drug-likeness (QED) is 0.545. The van der Waals surface area contributed by atoms with E-state index in [1.807, 2.05) is 13.8 Å². The van der Waals surface area contributed by atoms with Crippen LogP contribution in [0.1, 0.15) is 39.2 Å². The SMILES string of the molecule is CCOC(=O)C1=C(N)N(c2cccc(Cl)c2Cl)C2=C(C(=O)CC(C)(C)C2)C12C(=O)N(C)c1ccccc12. The Labute approximate surface area is 225 Å². The Hall–Kier alpha value is -3.29. The minimum Gasteiger partial charge on any atom is -0.462 e. The van der Waals surface area contributed by atoms with Crippen LogP contribution in [0, 0.1) is 5.41 Å². The molecule has 1 aliphatic carbocycles. The number of carbonyl (C=O) groups excluding carboxylic acids is 3. The van der Waals surface area contributed by atoms with E-state index in [-0.39, 0.29) is 45.8 Å². The first-order valence-electron chi connectivity index (χ1n) is 12.0. The first-order chi connectivity index (χ1) is 17.5. The fourth-order valence-corrected chi connectivity index (χ4v) is 6.30. The molecule has 0 saturated carbocycles. The maximum atomic E-state index is 14.3. The number of fused-ring (bicyclic) bond motifs is 3. The van der Waals surface area contributed by atoms with Crippen LogP contribution in [-0.4, -0.2) is 31.3 Å². The van der Waals surface area contributed by atoms with E-state index in [1.165, 1.54) is 4.90 Å². The molecule has 37 heavy (non-hydrogen) atoms. The van der Waals surface area contributed by atoms with Crippen molar-refractivity contribution < 1.29 is 19.1 Å². The molecule has 2 aromatic carbocycles. The highest BCUT2D eigenvalue weighted by atomic mass is 35.5. The van der Waals surface area contributed by atoms with E-state index in [9.17, 15) is 14.4 Å². The van der Waals surface area contributed by atoms with Gasteiger partial charge in [-0.15, -0.1) is 0 Å². The van der Waals surface area contributed by atoms with Crippen LogP contribution in [0.5, 0.6) is 0 Å². The molecule has 2 N–H and O–H groups in total. The van der Waals surface area contributed by atoms with Gasteiger partial charge in [0.05, 0.1) is 22.3 Å². The first kappa shape index (κ1) is 25.4. The summed E-state index contributed by atoms with van der Waals surface area (Å²) in [7, 11) is 1.63. The number of likely N-dealkylation sites (N-methyl/N-ethyl adjacent to an activating group) is 1.